The summed E-state index contributed by atoms with van der Waals surface area (Å²) in [6.07, 6.45) is 9.15. The molecule has 0 saturated heterocycles. The standard InChI is InChI=1S/C12H20O/c1-4-6-7-9-12(8-5-2)10-11(3)13/h5,10H,2,4,6-9H2,1,3H3. The first kappa shape index (κ1) is 12.2. The summed E-state index contributed by atoms with van der Waals surface area (Å²) in [5, 5.41) is 0. The first-order valence-corrected chi connectivity index (χ1v) is 5.01. The van der Waals surface area contributed by atoms with Crippen LogP contribution in [-0.4, -0.2) is 5.78 Å². The van der Waals surface area contributed by atoms with Crippen LogP contribution in [-0.2, 0) is 4.79 Å². The number of hydrogen-bond acceptors (Lipinski definition) is 1. The van der Waals surface area contributed by atoms with Gasteiger partial charge in [-0.05, 0) is 32.3 Å². The molecule has 1 heteroatoms. The summed E-state index contributed by atoms with van der Waals surface area (Å²) < 4.78 is 0. The zero-order chi connectivity index (χ0) is 10.1. The van der Waals surface area contributed by atoms with E-state index in [0.717, 1.165) is 12.8 Å². The van der Waals surface area contributed by atoms with Crippen molar-refractivity contribution in [3.8, 4) is 0 Å². The van der Waals surface area contributed by atoms with Gasteiger partial charge in [-0.2, -0.15) is 0 Å². The van der Waals surface area contributed by atoms with Gasteiger partial charge >= 0.3 is 0 Å². The quantitative estimate of drug-likeness (QED) is 0.332. The highest BCUT2D eigenvalue weighted by Crippen LogP contribution is 2.12. The van der Waals surface area contributed by atoms with Crippen LogP contribution in [0, 0.1) is 0 Å². The Morgan fingerprint density at radius 1 is 1.38 bits per heavy atom. The number of carbonyl (C=O) groups excluding carboxylic acids is 1. The van der Waals surface area contributed by atoms with Gasteiger partial charge in [0.2, 0.25) is 0 Å². The Morgan fingerprint density at radius 2 is 2.08 bits per heavy atom. The second kappa shape index (κ2) is 7.78. The molecule has 74 valence electrons. The number of carbonyl (C=O) groups is 1. The number of unbranched alkanes of at least 4 members (excludes halogenated alkanes) is 2. The van der Waals surface area contributed by atoms with E-state index in [1.54, 1.807) is 13.0 Å². The van der Waals surface area contributed by atoms with Gasteiger partial charge in [-0.1, -0.05) is 31.4 Å². The van der Waals surface area contributed by atoms with Gasteiger partial charge in [-0.15, -0.1) is 6.58 Å². The van der Waals surface area contributed by atoms with Gasteiger partial charge in [0.1, 0.15) is 0 Å². The maximum absolute atomic E-state index is 10.9. The van der Waals surface area contributed by atoms with Crippen molar-refractivity contribution in [1.82, 2.24) is 0 Å². The monoisotopic (exact) mass is 180 g/mol. The largest absolute Gasteiger partial charge is 0.295 e. The van der Waals surface area contributed by atoms with E-state index >= 15 is 0 Å². The average Bonchev–Trinajstić information content (AvgIpc) is 2.04. The van der Waals surface area contributed by atoms with Crippen molar-refractivity contribution in [3.63, 3.8) is 0 Å². The lowest BCUT2D eigenvalue weighted by Crippen LogP contribution is -1.89. The predicted octanol–water partition coefficient (Wildman–Crippen LogP) is 3.66. The molecule has 0 aromatic carbocycles. The van der Waals surface area contributed by atoms with Crippen molar-refractivity contribution in [2.45, 2.75) is 46.0 Å². The third kappa shape index (κ3) is 7.51. The van der Waals surface area contributed by atoms with E-state index in [4.69, 9.17) is 0 Å². The third-order valence-electron chi connectivity index (χ3n) is 1.92. The van der Waals surface area contributed by atoms with Gasteiger partial charge in [-0.3, -0.25) is 4.79 Å². The Bertz CT molecular complexity index is 189. The summed E-state index contributed by atoms with van der Waals surface area (Å²) in [6.45, 7) is 7.47. The molecule has 1 nitrogen and oxygen atoms in total. The molecule has 0 fully saturated rings. The molecule has 0 aromatic rings. The summed E-state index contributed by atoms with van der Waals surface area (Å²) in [7, 11) is 0. The molecule has 0 unspecified atom stereocenters. The molecule has 0 spiro atoms. The molecule has 0 radical (unpaired) electrons. The zero-order valence-corrected chi connectivity index (χ0v) is 8.81. The van der Waals surface area contributed by atoms with E-state index in [9.17, 15) is 4.79 Å². The highest BCUT2D eigenvalue weighted by atomic mass is 16.1. The molecule has 0 heterocycles. The summed E-state index contributed by atoms with van der Waals surface area (Å²) in [4.78, 5) is 10.9. The Balaban J connectivity index is 3.94. The van der Waals surface area contributed by atoms with Gasteiger partial charge in [0.05, 0.1) is 0 Å². The van der Waals surface area contributed by atoms with Gasteiger partial charge < -0.3 is 0 Å². The van der Waals surface area contributed by atoms with E-state index in [2.05, 4.69) is 13.5 Å². The number of rotatable bonds is 7. The highest BCUT2D eigenvalue weighted by Gasteiger charge is 1.96. The molecular formula is C12H20O. The fraction of sp³-hybridized carbons (Fsp3) is 0.583. The summed E-state index contributed by atoms with van der Waals surface area (Å²) >= 11 is 0. The molecule has 0 aliphatic rings. The lowest BCUT2D eigenvalue weighted by Gasteiger charge is -2.02. The van der Waals surface area contributed by atoms with Crippen LogP contribution in [0.15, 0.2) is 24.3 Å². The van der Waals surface area contributed by atoms with E-state index < -0.39 is 0 Å². The van der Waals surface area contributed by atoms with Crippen LogP contribution in [0.3, 0.4) is 0 Å². The number of allylic oxidation sites excluding steroid dienone is 3. The smallest absolute Gasteiger partial charge is 0.152 e. The Morgan fingerprint density at radius 3 is 2.54 bits per heavy atom. The van der Waals surface area contributed by atoms with E-state index in [1.807, 2.05) is 6.08 Å². The van der Waals surface area contributed by atoms with Gasteiger partial charge in [0, 0.05) is 0 Å². The Hall–Kier alpha value is -0.850. The first-order valence-electron chi connectivity index (χ1n) is 5.01. The van der Waals surface area contributed by atoms with E-state index in [-0.39, 0.29) is 5.78 Å². The minimum Gasteiger partial charge on any atom is -0.295 e. The third-order valence-corrected chi connectivity index (χ3v) is 1.92. The van der Waals surface area contributed by atoms with Crippen molar-refractivity contribution in [2.75, 3.05) is 0 Å². The van der Waals surface area contributed by atoms with E-state index in [1.165, 1.54) is 24.8 Å². The van der Waals surface area contributed by atoms with E-state index in [0.29, 0.717) is 0 Å². The van der Waals surface area contributed by atoms with Gasteiger partial charge in [0.15, 0.2) is 5.78 Å². The highest BCUT2D eigenvalue weighted by molar-refractivity contribution is 5.87. The molecule has 0 rings (SSSR count). The Labute approximate surface area is 81.5 Å². The van der Waals surface area contributed by atoms with Crippen molar-refractivity contribution in [3.05, 3.63) is 24.3 Å². The summed E-state index contributed by atoms with van der Waals surface area (Å²) in [5.41, 5.74) is 1.22. The second-order valence-electron chi connectivity index (χ2n) is 3.36. The predicted molar refractivity (Wildman–Crippen MR) is 57.7 cm³/mol. The van der Waals surface area contributed by atoms with Crippen LogP contribution in [0.2, 0.25) is 0 Å². The fourth-order valence-electron chi connectivity index (χ4n) is 1.31. The molecule has 0 bridgehead atoms. The first-order chi connectivity index (χ1) is 6.20. The molecule has 0 N–H and O–H groups in total. The fourth-order valence-corrected chi connectivity index (χ4v) is 1.31. The molecule has 0 aliphatic carbocycles. The molecule has 0 aromatic heterocycles. The van der Waals surface area contributed by atoms with Crippen molar-refractivity contribution >= 4 is 5.78 Å². The SMILES string of the molecule is C=CCC(=CC(C)=O)CCCCC. The molecule has 0 saturated carbocycles. The van der Waals surface area contributed by atoms with Crippen molar-refractivity contribution in [1.29, 1.82) is 0 Å². The average molecular weight is 180 g/mol. The summed E-state index contributed by atoms with van der Waals surface area (Å²) in [5.74, 6) is 0.147. The normalized spacial score (nSPS) is 11.4. The van der Waals surface area contributed by atoms with Crippen LogP contribution in [0.1, 0.15) is 46.0 Å². The minimum atomic E-state index is 0.147. The van der Waals surface area contributed by atoms with Crippen LogP contribution in [0.4, 0.5) is 0 Å². The molecule has 0 aliphatic heterocycles. The lowest BCUT2D eigenvalue weighted by atomic mass is 10.0. The lowest BCUT2D eigenvalue weighted by molar-refractivity contribution is -0.112. The van der Waals surface area contributed by atoms with Crippen LogP contribution < -0.4 is 0 Å². The van der Waals surface area contributed by atoms with Crippen molar-refractivity contribution < 1.29 is 4.79 Å². The van der Waals surface area contributed by atoms with Crippen molar-refractivity contribution in [2.24, 2.45) is 0 Å². The molecular weight excluding hydrogens is 160 g/mol. The minimum absolute atomic E-state index is 0.147. The van der Waals surface area contributed by atoms with Crippen LogP contribution >= 0.6 is 0 Å². The topological polar surface area (TPSA) is 17.1 Å². The van der Waals surface area contributed by atoms with Crippen LogP contribution in [0.5, 0.6) is 0 Å². The zero-order valence-electron chi connectivity index (χ0n) is 8.81. The molecule has 13 heavy (non-hydrogen) atoms. The Kier molecular flexibility index (Phi) is 7.27. The number of ketones is 1. The summed E-state index contributed by atoms with van der Waals surface area (Å²) in [6, 6.07) is 0. The maximum Gasteiger partial charge on any atom is 0.152 e. The molecule has 0 amide bonds. The van der Waals surface area contributed by atoms with Crippen LogP contribution in [0.25, 0.3) is 0 Å². The second-order valence-corrected chi connectivity index (χ2v) is 3.36. The van der Waals surface area contributed by atoms with Gasteiger partial charge in [0.25, 0.3) is 0 Å². The number of hydrogen-bond donors (Lipinski definition) is 0. The molecule has 0 atom stereocenters. The van der Waals surface area contributed by atoms with Gasteiger partial charge in [-0.25, -0.2) is 0 Å². The maximum atomic E-state index is 10.9.